The lowest BCUT2D eigenvalue weighted by Crippen LogP contribution is -2.17. The van der Waals surface area contributed by atoms with Crippen molar-refractivity contribution in [1.29, 1.82) is 0 Å². The number of benzene rings is 1. The Morgan fingerprint density at radius 1 is 1.21 bits per heavy atom. The summed E-state index contributed by atoms with van der Waals surface area (Å²) >= 11 is 0. The molecule has 0 spiro atoms. The number of carbonyl (C=O) groups excluding carboxylic acids is 1. The van der Waals surface area contributed by atoms with Crippen molar-refractivity contribution in [2.24, 2.45) is 0 Å². The van der Waals surface area contributed by atoms with E-state index in [0.717, 1.165) is 25.7 Å². The zero-order valence-corrected chi connectivity index (χ0v) is 12.6. The number of nitrogens with one attached hydrogen (secondary N) is 1. The second-order valence-corrected chi connectivity index (χ2v) is 5.68. The van der Waals surface area contributed by atoms with Gasteiger partial charge in [0.2, 0.25) is 11.8 Å². The van der Waals surface area contributed by atoms with Crippen LogP contribution < -0.4 is 5.32 Å². The molecule has 6 nitrogen and oxygen atoms in total. The van der Waals surface area contributed by atoms with Gasteiger partial charge in [0.1, 0.15) is 6.33 Å². The first-order valence-electron chi connectivity index (χ1n) is 7.56. The summed E-state index contributed by atoms with van der Waals surface area (Å²) in [4.78, 5) is 15.9. The molecule has 3 rings (SSSR count). The Labute approximate surface area is 135 Å². The molecule has 1 saturated carbocycles. The molecular formula is C15H15F3N4O2. The van der Waals surface area contributed by atoms with Crippen molar-refractivity contribution < 1.29 is 23.1 Å². The summed E-state index contributed by atoms with van der Waals surface area (Å²) in [6.07, 6.45) is 6.74. The van der Waals surface area contributed by atoms with E-state index in [1.165, 1.54) is 12.7 Å². The van der Waals surface area contributed by atoms with E-state index >= 15 is 0 Å². The normalized spacial score (nSPS) is 15.5. The summed E-state index contributed by atoms with van der Waals surface area (Å²) in [6, 6.07) is 0.568. The Hall–Kier alpha value is -2.58. The molecule has 1 amide bonds. The number of hydrogen-bond donors (Lipinski definition) is 2. The average molecular weight is 340 g/mol. The minimum Gasteiger partial charge on any atom is -0.503 e. The van der Waals surface area contributed by atoms with E-state index in [9.17, 15) is 18.0 Å². The molecule has 0 atom stereocenters. The van der Waals surface area contributed by atoms with Crippen molar-refractivity contribution in [2.75, 3.05) is 5.32 Å². The van der Waals surface area contributed by atoms with Crippen molar-refractivity contribution in [3.63, 3.8) is 0 Å². The maximum atomic E-state index is 13.7. The highest BCUT2D eigenvalue weighted by Crippen LogP contribution is 2.28. The third-order valence-corrected chi connectivity index (χ3v) is 4.06. The molecule has 0 aliphatic heterocycles. The minimum absolute atomic E-state index is 0.0748. The summed E-state index contributed by atoms with van der Waals surface area (Å²) in [5.74, 6) is -7.51. The Kier molecular flexibility index (Phi) is 4.41. The Bertz CT molecular complexity index is 772. The highest BCUT2D eigenvalue weighted by atomic mass is 19.2. The van der Waals surface area contributed by atoms with Crippen LogP contribution in [-0.2, 0) is 0 Å². The number of amides is 1. The lowest BCUT2D eigenvalue weighted by atomic mass is 9.96. The summed E-state index contributed by atoms with van der Waals surface area (Å²) in [5, 5.41) is 15.5. The third-order valence-electron chi connectivity index (χ3n) is 4.06. The summed E-state index contributed by atoms with van der Waals surface area (Å²) in [5.41, 5.74) is -0.833. The first-order valence-corrected chi connectivity index (χ1v) is 7.56. The van der Waals surface area contributed by atoms with Crippen LogP contribution in [0.4, 0.5) is 19.1 Å². The number of carbonyl (C=O) groups is 1. The van der Waals surface area contributed by atoms with Gasteiger partial charge in [0.05, 0.1) is 11.6 Å². The molecule has 1 aliphatic carbocycles. The molecule has 1 aromatic heterocycles. The standard InChI is InChI=1S/C15H15F3N4O2/c16-10-6-9(11(17)13(23)12(10)18)14(24)20-15-19-7-22(21-15)8-4-2-1-3-5-8/h6-8,23H,1-5H2,(H,20,21,24). The first-order chi connectivity index (χ1) is 11.5. The van der Waals surface area contributed by atoms with Crippen LogP contribution in [0.2, 0.25) is 0 Å². The van der Waals surface area contributed by atoms with Crippen LogP contribution in [0.25, 0.3) is 0 Å². The summed E-state index contributed by atoms with van der Waals surface area (Å²) in [6.45, 7) is 0. The highest BCUT2D eigenvalue weighted by Gasteiger charge is 2.23. The number of nitrogens with zero attached hydrogens (tertiary/aromatic N) is 3. The van der Waals surface area contributed by atoms with Crippen LogP contribution in [0.15, 0.2) is 12.4 Å². The van der Waals surface area contributed by atoms with Crippen molar-refractivity contribution in [3.05, 3.63) is 35.4 Å². The van der Waals surface area contributed by atoms with E-state index in [4.69, 9.17) is 5.11 Å². The van der Waals surface area contributed by atoms with Crippen LogP contribution in [0, 0.1) is 17.5 Å². The number of halogens is 3. The second-order valence-electron chi connectivity index (χ2n) is 5.68. The summed E-state index contributed by atoms with van der Waals surface area (Å²) in [7, 11) is 0. The minimum atomic E-state index is -1.75. The maximum Gasteiger partial charge on any atom is 0.261 e. The molecular weight excluding hydrogens is 325 g/mol. The third kappa shape index (κ3) is 3.06. The van der Waals surface area contributed by atoms with Gasteiger partial charge in [-0.05, 0) is 18.9 Å². The lowest BCUT2D eigenvalue weighted by Gasteiger charge is -2.21. The van der Waals surface area contributed by atoms with Gasteiger partial charge in [0.15, 0.2) is 17.4 Å². The van der Waals surface area contributed by atoms with Crippen LogP contribution in [0.5, 0.6) is 5.75 Å². The molecule has 0 radical (unpaired) electrons. The molecule has 1 fully saturated rings. The molecule has 0 saturated heterocycles. The van der Waals surface area contributed by atoms with E-state index in [2.05, 4.69) is 15.4 Å². The first kappa shape index (κ1) is 16.3. The van der Waals surface area contributed by atoms with Gasteiger partial charge in [-0.1, -0.05) is 19.3 Å². The molecule has 1 heterocycles. The molecule has 1 aromatic carbocycles. The van der Waals surface area contributed by atoms with Crippen LogP contribution in [0.3, 0.4) is 0 Å². The van der Waals surface area contributed by atoms with Crippen molar-refractivity contribution >= 4 is 11.9 Å². The van der Waals surface area contributed by atoms with Crippen LogP contribution >= 0.6 is 0 Å². The van der Waals surface area contributed by atoms with Crippen molar-refractivity contribution in [3.8, 4) is 5.75 Å². The number of phenols is 1. The highest BCUT2D eigenvalue weighted by molar-refractivity contribution is 6.03. The lowest BCUT2D eigenvalue weighted by molar-refractivity contribution is 0.102. The topological polar surface area (TPSA) is 80.0 Å². The van der Waals surface area contributed by atoms with Gasteiger partial charge >= 0.3 is 0 Å². The molecule has 128 valence electrons. The zero-order chi connectivity index (χ0) is 17.3. The smallest absolute Gasteiger partial charge is 0.261 e. The number of anilines is 1. The fraction of sp³-hybridized carbons (Fsp3) is 0.400. The van der Waals surface area contributed by atoms with Crippen molar-refractivity contribution in [2.45, 2.75) is 38.1 Å². The molecule has 0 bridgehead atoms. The van der Waals surface area contributed by atoms with E-state index in [0.29, 0.717) is 6.07 Å². The van der Waals surface area contributed by atoms with Crippen LogP contribution in [-0.4, -0.2) is 25.8 Å². The van der Waals surface area contributed by atoms with Gasteiger partial charge in [-0.25, -0.2) is 18.4 Å². The number of aromatic hydroxyl groups is 1. The summed E-state index contributed by atoms with van der Waals surface area (Å²) < 4.78 is 41.7. The van der Waals surface area contributed by atoms with E-state index in [-0.39, 0.29) is 12.0 Å². The van der Waals surface area contributed by atoms with Gasteiger partial charge < -0.3 is 5.11 Å². The number of hydrogen-bond acceptors (Lipinski definition) is 4. The van der Waals surface area contributed by atoms with Crippen LogP contribution in [0.1, 0.15) is 48.5 Å². The second kappa shape index (κ2) is 6.50. The Morgan fingerprint density at radius 2 is 1.92 bits per heavy atom. The zero-order valence-electron chi connectivity index (χ0n) is 12.6. The van der Waals surface area contributed by atoms with E-state index < -0.39 is 34.7 Å². The SMILES string of the molecule is O=C(Nc1ncn(C2CCCCC2)n1)c1cc(F)c(F)c(O)c1F. The van der Waals surface area contributed by atoms with Gasteiger partial charge in [0.25, 0.3) is 5.91 Å². The Balaban J connectivity index is 1.77. The van der Waals surface area contributed by atoms with Gasteiger partial charge in [-0.3, -0.25) is 10.1 Å². The van der Waals surface area contributed by atoms with Crippen molar-refractivity contribution in [1.82, 2.24) is 14.8 Å². The predicted octanol–water partition coefficient (Wildman–Crippen LogP) is 3.16. The molecule has 9 heteroatoms. The largest absolute Gasteiger partial charge is 0.503 e. The number of phenolic OH excluding ortho intramolecular Hbond substituents is 1. The molecule has 2 N–H and O–H groups in total. The Morgan fingerprint density at radius 3 is 2.62 bits per heavy atom. The van der Waals surface area contributed by atoms with E-state index in [1.807, 2.05) is 0 Å². The quantitative estimate of drug-likeness (QED) is 0.841. The molecule has 1 aliphatic rings. The molecule has 0 unspecified atom stereocenters. The van der Waals surface area contributed by atoms with Gasteiger partial charge in [0, 0.05) is 0 Å². The molecule has 24 heavy (non-hydrogen) atoms. The average Bonchev–Trinajstić information content (AvgIpc) is 3.05. The fourth-order valence-corrected chi connectivity index (χ4v) is 2.78. The number of aromatic nitrogens is 3. The van der Waals surface area contributed by atoms with Gasteiger partial charge in [-0.15, -0.1) is 5.10 Å². The molecule has 2 aromatic rings. The van der Waals surface area contributed by atoms with Gasteiger partial charge in [-0.2, -0.15) is 4.39 Å². The predicted molar refractivity (Wildman–Crippen MR) is 78.1 cm³/mol. The maximum absolute atomic E-state index is 13.7. The van der Waals surface area contributed by atoms with E-state index in [1.54, 1.807) is 4.68 Å². The number of rotatable bonds is 3. The monoisotopic (exact) mass is 340 g/mol. The fourth-order valence-electron chi connectivity index (χ4n) is 2.78.